The van der Waals surface area contributed by atoms with Crippen LogP contribution < -0.4 is 10.6 Å². The van der Waals surface area contributed by atoms with Crippen molar-refractivity contribution in [3.8, 4) is 23.6 Å². The summed E-state index contributed by atoms with van der Waals surface area (Å²) in [6.07, 6.45) is 9.04. The molecule has 5 rings (SSSR count). The van der Waals surface area contributed by atoms with E-state index in [-0.39, 0.29) is 31.4 Å². The summed E-state index contributed by atoms with van der Waals surface area (Å²) in [7, 11) is 1.50. The van der Waals surface area contributed by atoms with Gasteiger partial charge in [-0.25, -0.2) is 4.79 Å². The van der Waals surface area contributed by atoms with E-state index in [1.165, 1.54) is 11.9 Å². The predicted molar refractivity (Wildman–Crippen MR) is 199 cm³/mol. The largest absolute Gasteiger partial charge is 0.444 e. The maximum atomic E-state index is 14.7. The van der Waals surface area contributed by atoms with E-state index in [0.29, 0.717) is 10.7 Å². The Balaban J connectivity index is 1.38. The molecule has 4 atom stereocenters. The quantitative estimate of drug-likeness (QED) is 0.242. The van der Waals surface area contributed by atoms with E-state index in [1.54, 1.807) is 32.6 Å². The molecular formula is C39H48N6O6S. The van der Waals surface area contributed by atoms with E-state index < -0.39 is 47.7 Å². The van der Waals surface area contributed by atoms with Crippen LogP contribution in [-0.2, 0) is 30.5 Å². The molecule has 1 aromatic heterocycles. The highest BCUT2D eigenvalue weighted by molar-refractivity contribution is 7.10. The molecule has 4 amide bonds. The van der Waals surface area contributed by atoms with Crippen LogP contribution >= 0.6 is 11.5 Å². The topological polar surface area (TPSA) is 143 Å². The number of amides is 4. The lowest BCUT2D eigenvalue weighted by Crippen LogP contribution is -2.58. The number of likely N-dealkylation sites (tertiary alicyclic amines) is 1. The van der Waals surface area contributed by atoms with Crippen LogP contribution in [0.25, 0.3) is 11.3 Å². The van der Waals surface area contributed by atoms with Gasteiger partial charge in [0.15, 0.2) is 0 Å². The Morgan fingerprint density at radius 2 is 1.75 bits per heavy atom. The number of rotatable bonds is 11. The van der Waals surface area contributed by atoms with Crippen molar-refractivity contribution in [1.29, 1.82) is 0 Å². The third kappa shape index (κ3) is 9.74. The Kier molecular flexibility index (Phi) is 12.7. The van der Waals surface area contributed by atoms with E-state index in [2.05, 4.69) is 26.1 Å². The molecule has 1 saturated heterocycles. The molecule has 13 heteroatoms. The first-order valence-electron chi connectivity index (χ1n) is 17.8. The van der Waals surface area contributed by atoms with Crippen LogP contribution in [0, 0.1) is 18.3 Å². The second kappa shape index (κ2) is 17.1. The summed E-state index contributed by atoms with van der Waals surface area (Å²) in [5.74, 6) is 1.23. The number of aromatic nitrogens is 2. The molecule has 1 saturated carbocycles. The van der Waals surface area contributed by atoms with Gasteiger partial charge in [0.25, 0.3) is 0 Å². The van der Waals surface area contributed by atoms with E-state index in [0.717, 1.165) is 60.3 Å². The summed E-state index contributed by atoms with van der Waals surface area (Å²) in [6.45, 7) is 7.27. The fraction of sp³-hybridized carbons (Fsp3) is 0.487. The molecule has 276 valence electrons. The molecule has 1 aliphatic heterocycles. The molecule has 2 fully saturated rings. The minimum atomic E-state index is -0.918. The van der Waals surface area contributed by atoms with Gasteiger partial charge in [-0.2, -0.15) is 0 Å². The minimum Gasteiger partial charge on any atom is -0.444 e. The van der Waals surface area contributed by atoms with Crippen LogP contribution in [0.2, 0.25) is 0 Å². The fourth-order valence-electron chi connectivity index (χ4n) is 6.54. The highest BCUT2D eigenvalue weighted by Crippen LogP contribution is 2.33. The van der Waals surface area contributed by atoms with Crippen molar-refractivity contribution in [2.24, 2.45) is 5.92 Å². The van der Waals surface area contributed by atoms with Gasteiger partial charge in [0, 0.05) is 42.7 Å². The maximum Gasteiger partial charge on any atom is 0.410 e. The molecule has 2 aliphatic rings. The van der Waals surface area contributed by atoms with Gasteiger partial charge < -0.3 is 25.0 Å². The first-order chi connectivity index (χ1) is 24.8. The summed E-state index contributed by atoms with van der Waals surface area (Å²) in [4.78, 5) is 58.2. The number of hydrogen-bond acceptors (Lipinski definition) is 9. The third-order valence-corrected chi connectivity index (χ3v) is 10.2. The lowest BCUT2D eigenvalue weighted by atomic mass is 9.83. The van der Waals surface area contributed by atoms with Gasteiger partial charge in [0.05, 0.1) is 12.7 Å². The lowest BCUT2D eigenvalue weighted by molar-refractivity contribution is -0.142. The average Bonchev–Trinajstić information content (AvgIpc) is 3.79. The Bertz CT molecular complexity index is 1740. The van der Waals surface area contributed by atoms with Crippen molar-refractivity contribution in [2.75, 3.05) is 18.9 Å². The first kappa shape index (κ1) is 38.4. The molecule has 12 nitrogen and oxygen atoms in total. The van der Waals surface area contributed by atoms with E-state index in [1.807, 2.05) is 54.6 Å². The normalized spacial score (nSPS) is 18.9. The molecule has 2 heterocycles. The van der Waals surface area contributed by atoms with Gasteiger partial charge in [0.2, 0.25) is 17.7 Å². The standard InChI is InChI=1S/C39H48N6O6S/c1-7-26-18-20-27(21-19-26)24-50-30-22-31(35(47)41-36-32(42-43-52-36)28-14-10-8-11-15-28)45(23-30)37(48)33(29-16-12-9-13-17-29)40-34(46)25(2)44(6)38(49)51-39(3,4)5/h1,8,10-11,14-15,18-21,25,29-31,33H,9,12-13,16-17,22-24H2,2-6H3,(H,40,46)(H,41,47)/t25-,30?,31-,33-/m0/s1. The van der Waals surface area contributed by atoms with Crippen LogP contribution in [0.15, 0.2) is 54.6 Å². The maximum absolute atomic E-state index is 14.7. The highest BCUT2D eigenvalue weighted by atomic mass is 32.1. The smallest absolute Gasteiger partial charge is 0.410 e. The highest BCUT2D eigenvalue weighted by Gasteiger charge is 2.45. The Morgan fingerprint density at radius 3 is 2.40 bits per heavy atom. The molecule has 52 heavy (non-hydrogen) atoms. The van der Waals surface area contributed by atoms with Crippen molar-refractivity contribution in [3.05, 3.63) is 65.7 Å². The minimum absolute atomic E-state index is 0.141. The lowest BCUT2D eigenvalue weighted by Gasteiger charge is -2.36. The number of ether oxygens (including phenoxy) is 2. The first-order valence-corrected chi connectivity index (χ1v) is 18.5. The van der Waals surface area contributed by atoms with Crippen LogP contribution in [0.4, 0.5) is 9.80 Å². The monoisotopic (exact) mass is 728 g/mol. The van der Waals surface area contributed by atoms with Crippen LogP contribution in [0.3, 0.4) is 0 Å². The molecule has 0 radical (unpaired) electrons. The van der Waals surface area contributed by atoms with Crippen molar-refractivity contribution >= 4 is 40.3 Å². The Hall–Kier alpha value is -4.80. The van der Waals surface area contributed by atoms with Gasteiger partial charge in [-0.15, -0.1) is 11.5 Å². The number of terminal acetylenes is 1. The molecule has 2 N–H and O–H groups in total. The number of hydrogen-bond donors (Lipinski definition) is 2. The summed E-state index contributed by atoms with van der Waals surface area (Å²) >= 11 is 1.06. The fourth-order valence-corrected chi connectivity index (χ4v) is 7.14. The SMILES string of the molecule is C#Cc1ccc(COC2C[C@@H](C(=O)Nc3snnc3-c3ccccc3)N(C(=O)[C@@H](NC(=O)[C@H](C)N(C)C(=O)OC(C)(C)C)C3CCCCC3)C2)cc1. The van der Waals surface area contributed by atoms with Crippen LogP contribution in [-0.4, -0.2) is 86.6 Å². The van der Waals surface area contributed by atoms with Crippen molar-refractivity contribution in [3.63, 3.8) is 0 Å². The van der Waals surface area contributed by atoms with Gasteiger partial charge in [0.1, 0.15) is 34.4 Å². The second-order valence-electron chi connectivity index (χ2n) is 14.5. The number of carbonyl (C=O) groups is 4. The van der Waals surface area contributed by atoms with Gasteiger partial charge in [-0.1, -0.05) is 72.1 Å². The number of nitrogens with one attached hydrogen (secondary N) is 2. The molecule has 2 aromatic carbocycles. The summed E-state index contributed by atoms with van der Waals surface area (Å²) < 4.78 is 15.9. The van der Waals surface area contributed by atoms with E-state index in [4.69, 9.17) is 15.9 Å². The third-order valence-electron chi connectivity index (χ3n) is 9.55. The molecule has 0 bridgehead atoms. The molecule has 0 spiro atoms. The van der Waals surface area contributed by atoms with Crippen molar-refractivity contribution < 1.29 is 28.7 Å². The van der Waals surface area contributed by atoms with Crippen molar-refractivity contribution in [2.45, 2.75) is 103 Å². The zero-order valence-electron chi connectivity index (χ0n) is 30.5. The number of nitrogens with zero attached hydrogens (tertiary/aromatic N) is 4. The molecule has 1 unspecified atom stereocenters. The van der Waals surface area contributed by atoms with Gasteiger partial charge in [-0.05, 0) is 64.2 Å². The zero-order valence-corrected chi connectivity index (χ0v) is 31.3. The summed E-state index contributed by atoms with van der Waals surface area (Å²) in [6, 6.07) is 14.2. The number of benzene rings is 2. The predicted octanol–water partition coefficient (Wildman–Crippen LogP) is 5.63. The van der Waals surface area contributed by atoms with Crippen molar-refractivity contribution in [1.82, 2.24) is 24.7 Å². The van der Waals surface area contributed by atoms with E-state index in [9.17, 15) is 19.2 Å². The number of carbonyl (C=O) groups excluding carboxylic acids is 4. The second-order valence-corrected chi connectivity index (χ2v) is 15.2. The molecule has 1 aliphatic carbocycles. The van der Waals surface area contributed by atoms with Crippen LogP contribution in [0.1, 0.15) is 77.3 Å². The number of likely N-dealkylation sites (N-methyl/N-ethyl adjacent to an activating group) is 1. The Morgan fingerprint density at radius 1 is 1.06 bits per heavy atom. The molecular weight excluding hydrogens is 681 g/mol. The number of anilines is 1. The van der Waals surface area contributed by atoms with Gasteiger partial charge >= 0.3 is 6.09 Å². The zero-order chi connectivity index (χ0) is 37.4. The van der Waals surface area contributed by atoms with Crippen LogP contribution in [0.5, 0.6) is 0 Å². The Labute approximate surface area is 309 Å². The molecule has 3 aromatic rings. The summed E-state index contributed by atoms with van der Waals surface area (Å²) in [5, 5.41) is 10.7. The summed E-state index contributed by atoms with van der Waals surface area (Å²) in [5.41, 5.74) is 2.26. The van der Waals surface area contributed by atoms with Gasteiger partial charge in [-0.3, -0.25) is 19.3 Å². The average molecular weight is 729 g/mol. The van der Waals surface area contributed by atoms with E-state index >= 15 is 0 Å².